The highest BCUT2D eigenvalue weighted by molar-refractivity contribution is 5.99. The largest absolute Gasteiger partial charge is 0.398 e. The van der Waals surface area contributed by atoms with E-state index >= 15 is 0 Å². The molecule has 2 amide bonds. The molecule has 0 aliphatic rings. The van der Waals surface area contributed by atoms with Gasteiger partial charge in [-0.15, -0.1) is 0 Å². The maximum absolute atomic E-state index is 11.8. The minimum Gasteiger partial charge on any atom is -0.398 e. The zero-order valence-corrected chi connectivity index (χ0v) is 11.6. The van der Waals surface area contributed by atoms with E-state index < -0.39 is 5.41 Å². The monoisotopic (exact) mass is 263 g/mol. The minimum absolute atomic E-state index is 0.0408. The third-order valence-corrected chi connectivity index (χ3v) is 2.58. The van der Waals surface area contributed by atoms with Gasteiger partial charge in [0.25, 0.3) is 5.91 Å². The number of carbonyl (C=O) groups is 2. The molecule has 0 aromatic heterocycles. The summed E-state index contributed by atoms with van der Waals surface area (Å²) in [5.74, 6) is -0.274. The van der Waals surface area contributed by atoms with E-state index in [1.165, 1.54) is 0 Å². The van der Waals surface area contributed by atoms with Gasteiger partial charge in [0.15, 0.2) is 0 Å². The molecule has 19 heavy (non-hydrogen) atoms. The molecule has 0 heterocycles. The molecule has 0 unspecified atom stereocenters. The Hall–Kier alpha value is -2.04. The maximum Gasteiger partial charge on any atom is 0.253 e. The van der Waals surface area contributed by atoms with Crippen LogP contribution in [0.1, 0.15) is 31.1 Å². The fraction of sp³-hybridized carbons (Fsp3) is 0.429. The molecule has 0 aliphatic heterocycles. The summed E-state index contributed by atoms with van der Waals surface area (Å²) in [6.45, 7) is 6.28. The van der Waals surface area contributed by atoms with E-state index in [0.29, 0.717) is 24.3 Å². The SMILES string of the molecule is CC(C)(C)C(=O)NCCNC(=O)c1ccccc1N. The highest BCUT2D eigenvalue weighted by atomic mass is 16.2. The van der Waals surface area contributed by atoms with Crippen molar-refractivity contribution >= 4 is 17.5 Å². The molecule has 4 N–H and O–H groups in total. The number of amides is 2. The highest BCUT2D eigenvalue weighted by Crippen LogP contribution is 2.12. The normalized spacial score (nSPS) is 10.9. The Morgan fingerprint density at radius 1 is 1.11 bits per heavy atom. The Morgan fingerprint density at radius 2 is 1.68 bits per heavy atom. The van der Waals surface area contributed by atoms with Crippen LogP contribution in [-0.4, -0.2) is 24.9 Å². The Bertz CT molecular complexity index is 464. The van der Waals surface area contributed by atoms with Gasteiger partial charge in [0.2, 0.25) is 5.91 Å². The molecular formula is C14H21N3O2. The van der Waals surface area contributed by atoms with E-state index in [9.17, 15) is 9.59 Å². The predicted molar refractivity (Wildman–Crippen MR) is 75.7 cm³/mol. The van der Waals surface area contributed by atoms with Crippen molar-refractivity contribution in [3.63, 3.8) is 0 Å². The second kappa shape index (κ2) is 6.22. The van der Waals surface area contributed by atoms with Crippen molar-refractivity contribution in [1.82, 2.24) is 10.6 Å². The van der Waals surface area contributed by atoms with Gasteiger partial charge in [0.05, 0.1) is 5.56 Å². The molecule has 0 saturated carbocycles. The molecular weight excluding hydrogens is 242 g/mol. The first-order chi connectivity index (χ1) is 8.82. The van der Waals surface area contributed by atoms with Gasteiger partial charge in [0.1, 0.15) is 0 Å². The van der Waals surface area contributed by atoms with Crippen molar-refractivity contribution in [3.05, 3.63) is 29.8 Å². The summed E-state index contributed by atoms with van der Waals surface area (Å²) in [6, 6.07) is 6.87. The van der Waals surface area contributed by atoms with Gasteiger partial charge >= 0.3 is 0 Å². The summed E-state index contributed by atoms with van der Waals surface area (Å²) in [7, 11) is 0. The van der Waals surface area contributed by atoms with Gasteiger partial charge in [-0.05, 0) is 12.1 Å². The molecule has 5 nitrogen and oxygen atoms in total. The number of carbonyl (C=O) groups excluding carboxylic acids is 2. The van der Waals surface area contributed by atoms with Crippen LogP contribution in [-0.2, 0) is 4.79 Å². The Balaban J connectivity index is 2.37. The van der Waals surface area contributed by atoms with Crippen LogP contribution in [0.5, 0.6) is 0 Å². The fourth-order valence-electron chi connectivity index (χ4n) is 1.42. The van der Waals surface area contributed by atoms with Crippen molar-refractivity contribution in [1.29, 1.82) is 0 Å². The quantitative estimate of drug-likeness (QED) is 0.563. The second-order valence-electron chi connectivity index (χ2n) is 5.35. The first-order valence-electron chi connectivity index (χ1n) is 6.23. The molecule has 0 aliphatic carbocycles. The van der Waals surface area contributed by atoms with Crippen molar-refractivity contribution in [2.45, 2.75) is 20.8 Å². The number of hydrogen-bond acceptors (Lipinski definition) is 3. The number of nitrogen functional groups attached to an aromatic ring is 1. The molecule has 1 aromatic rings. The van der Waals surface area contributed by atoms with Gasteiger partial charge in [-0.1, -0.05) is 32.9 Å². The molecule has 0 atom stereocenters. The van der Waals surface area contributed by atoms with Crippen LogP contribution in [0.4, 0.5) is 5.69 Å². The number of anilines is 1. The molecule has 104 valence electrons. The standard InChI is InChI=1S/C14H21N3O2/c1-14(2,3)13(19)17-9-8-16-12(18)10-6-4-5-7-11(10)15/h4-7H,8-9,15H2,1-3H3,(H,16,18)(H,17,19). The van der Waals surface area contributed by atoms with Gasteiger partial charge in [-0.2, -0.15) is 0 Å². The number of hydrogen-bond donors (Lipinski definition) is 3. The van der Waals surface area contributed by atoms with Crippen molar-refractivity contribution in [3.8, 4) is 0 Å². The average molecular weight is 263 g/mol. The lowest BCUT2D eigenvalue weighted by molar-refractivity contribution is -0.128. The summed E-state index contributed by atoms with van der Waals surface area (Å²) < 4.78 is 0. The number of nitrogens with two attached hydrogens (primary N) is 1. The third kappa shape index (κ3) is 4.62. The Morgan fingerprint density at radius 3 is 2.26 bits per heavy atom. The summed E-state index contributed by atoms with van der Waals surface area (Å²) in [5.41, 5.74) is 6.17. The molecule has 1 rings (SSSR count). The van der Waals surface area contributed by atoms with Crippen LogP contribution in [0.15, 0.2) is 24.3 Å². The fourth-order valence-corrected chi connectivity index (χ4v) is 1.42. The first kappa shape index (κ1) is 15.0. The highest BCUT2D eigenvalue weighted by Gasteiger charge is 2.20. The van der Waals surface area contributed by atoms with Crippen LogP contribution in [0, 0.1) is 5.41 Å². The van der Waals surface area contributed by atoms with Crippen molar-refractivity contribution in [2.24, 2.45) is 5.41 Å². The predicted octanol–water partition coefficient (Wildman–Crippen LogP) is 1.16. The maximum atomic E-state index is 11.8. The number of rotatable bonds is 4. The van der Waals surface area contributed by atoms with Crippen molar-refractivity contribution < 1.29 is 9.59 Å². The summed E-state index contributed by atoms with van der Waals surface area (Å²) in [5, 5.41) is 5.47. The minimum atomic E-state index is -0.423. The van der Waals surface area contributed by atoms with Crippen LogP contribution in [0.3, 0.4) is 0 Å². The molecule has 1 aromatic carbocycles. The third-order valence-electron chi connectivity index (χ3n) is 2.58. The van der Waals surface area contributed by atoms with E-state index in [2.05, 4.69) is 10.6 Å². The van der Waals surface area contributed by atoms with Crippen LogP contribution in [0.25, 0.3) is 0 Å². The zero-order valence-electron chi connectivity index (χ0n) is 11.6. The van der Waals surface area contributed by atoms with Gasteiger partial charge in [0, 0.05) is 24.2 Å². The lowest BCUT2D eigenvalue weighted by Gasteiger charge is -2.17. The van der Waals surface area contributed by atoms with E-state index in [1.54, 1.807) is 24.3 Å². The lowest BCUT2D eigenvalue weighted by Crippen LogP contribution is -2.40. The van der Waals surface area contributed by atoms with Gasteiger partial charge in [-0.25, -0.2) is 0 Å². The molecule has 0 fully saturated rings. The number of benzene rings is 1. The molecule has 5 heteroatoms. The van der Waals surface area contributed by atoms with E-state index in [1.807, 2.05) is 20.8 Å². The number of nitrogens with one attached hydrogen (secondary N) is 2. The average Bonchev–Trinajstić information content (AvgIpc) is 2.33. The summed E-state index contributed by atoms with van der Waals surface area (Å²) in [6.07, 6.45) is 0. The number of para-hydroxylation sites is 1. The lowest BCUT2D eigenvalue weighted by atomic mass is 9.96. The van der Waals surface area contributed by atoms with Crippen LogP contribution < -0.4 is 16.4 Å². The van der Waals surface area contributed by atoms with Crippen molar-refractivity contribution in [2.75, 3.05) is 18.8 Å². The van der Waals surface area contributed by atoms with Crippen LogP contribution in [0.2, 0.25) is 0 Å². The Kier molecular flexibility index (Phi) is 4.92. The van der Waals surface area contributed by atoms with E-state index in [-0.39, 0.29) is 11.8 Å². The van der Waals surface area contributed by atoms with E-state index in [4.69, 9.17) is 5.73 Å². The molecule has 0 spiro atoms. The topological polar surface area (TPSA) is 84.2 Å². The van der Waals surface area contributed by atoms with E-state index in [0.717, 1.165) is 0 Å². The van der Waals surface area contributed by atoms with Crippen LogP contribution >= 0.6 is 0 Å². The Labute approximate surface area is 113 Å². The first-order valence-corrected chi connectivity index (χ1v) is 6.23. The summed E-state index contributed by atoms with van der Waals surface area (Å²) in [4.78, 5) is 23.4. The summed E-state index contributed by atoms with van der Waals surface area (Å²) >= 11 is 0. The molecule has 0 bridgehead atoms. The zero-order chi connectivity index (χ0) is 14.5. The smallest absolute Gasteiger partial charge is 0.253 e. The van der Waals surface area contributed by atoms with Gasteiger partial charge in [-0.3, -0.25) is 9.59 Å². The molecule has 0 radical (unpaired) electrons. The van der Waals surface area contributed by atoms with Gasteiger partial charge < -0.3 is 16.4 Å². The second-order valence-corrected chi connectivity index (χ2v) is 5.35. The molecule has 0 saturated heterocycles.